The Morgan fingerprint density at radius 1 is 1.10 bits per heavy atom. The number of hydrogen-bond acceptors (Lipinski definition) is 4. The summed E-state index contributed by atoms with van der Waals surface area (Å²) in [5.41, 5.74) is 4.25. The first kappa shape index (κ1) is 21.0. The number of hydrogen-bond donors (Lipinski definition) is 0. The summed E-state index contributed by atoms with van der Waals surface area (Å²) in [5, 5.41) is 4.75. The van der Waals surface area contributed by atoms with E-state index < -0.39 is 0 Å². The van der Waals surface area contributed by atoms with Crippen molar-refractivity contribution in [2.75, 3.05) is 7.05 Å². The van der Waals surface area contributed by atoms with Gasteiger partial charge in [0.05, 0.1) is 11.9 Å². The van der Waals surface area contributed by atoms with Crippen LogP contribution < -0.4 is 5.56 Å². The monoisotopic (exact) mass is 479 g/mol. The predicted octanol–water partition coefficient (Wildman–Crippen LogP) is 3.62. The van der Waals surface area contributed by atoms with E-state index in [2.05, 4.69) is 32.1 Å². The molecule has 4 rings (SSSR count). The highest BCUT2D eigenvalue weighted by atomic mass is 79.9. The van der Waals surface area contributed by atoms with Gasteiger partial charge in [0.2, 0.25) is 5.91 Å². The summed E-state index contributed by atoms with van der Waals surface area (Å²) >= 11 is 3.40. The van der Waals surface area contributed by atoms with Crippen LogP contribution in [0.1, 0.15) is 16.7 Å². The number of fused-ring (bicyclic) bond motifs is 1. The third-order valence-electron chi connectivity index (χ3n) is 5.07. The number of carbonyl (C=O) groups excluding carboxylic acids is 1. The molecule has 4 aromatic rings. The second kappa shape index (κ2) is 8.47. The highest BCUT2D eigenvalue weighted by Crippen LogP contribution is 2.17. The highest BCUT2D eigenvalue weighted by Gasteiger charge is 2.15. The molecule has 0 spiro atoms. The van der Waals surface area contributed by atoms with Gasteiger partial charge in [-0.2, -0.15) is 5.10 Å². The molecule has 0 saturated carbocycles. The lowest BCUT2D eigenvalue weighted by Crippen LogP contribution is -2.33. The molecule has 2 aromatic heterocycles. The van der Waals surface area contributed by atoms with E-state index >= 15 is 0 Å². The molecule has 0 N–H and O–H groups in total. The maximum absolute atomic E-state index is 13.0. The number of benzene rings is 2. The van der Waals surface area contributed by atoms with E-state index in [1.54, 1.807) is 16.6 Å². The summed E-state index contributed by atoms with van der Waals surface area (Å²) in [6.07, 6.45) is 2.92. The van der Waals surface area contributed by atoms with Crippen molar-refractivity contribution < 1.29 is 4.79 Å². The minimum atomic E-state index is -0.286. The first-order valence-electron chi connectivity index (χ1n) is 9.82. The van der Waals surface area contributed by atoms with Gasteiger partial charge in [0.15, 0.2) is 5.65 Å². The molecule has 0 atom stereocenters. The Balaban J connectivity index is 1.57. The Morgan fingerprint density at radius 3 is 2.45 bits per heavy atom. The quantitative estimate of drug-likeness (QED) is 0.438. The highest BCUT2D eigenvalue weighted by molar-refractivity contribution is 9.10. The fraction of sp³-hybridized carbons (Fsp3) is 0.217. The molecule has 0 bridgehead atoms. The topological polar surface area (TPSA) is 73.0 Å². The van der Waals surface area contributed by atoms with Crippen LogP contribution in [0.5, 0.6) is 0 Å². The van der Waals surface area contributed by atoms with Crippen LogP contribution in [0.3, 0.4) is 0 Å². The number of carbonyl (C=O) groups is 1. The fourth-order valence-electron chi connectivity index (χ4n) is 3.54. The van der Waals surface area contributed by atoms with Gasteiger partial charge in [-0.1, -0.05) is 34.1 Å². The lowest BCUT2D eigenvalue weighted by atomic mass is 10.1. The van der Waals surface area contributed by atoms with Crippen molar-refractivity contribution in [1.82, 2.24) is 24.2 Å². The van der Waals surface area contributed by atoms with E-state index in [0.29, 0.717) is 17.6 Å². The van der Waals surface area contributed by atoms with Crippen molar-refractivity contribution in [3.05, 3.63) is 86.5 Å². The van der Waals surface area contributed by atoms with Crippen molar-refractivity contribution in [3.8, 4) is 5.69 Å². The molecule has 0 radical (unpaired) electrons. The molecule has 0 unspecified atom stereocenters. The summed E-state index contributed by atoms with van der Waals surface area (Å²) in [5.74, 6) is -0.173. The van der Waals surface area contributed by atoms with E-state index in [4.69, 9.17) is 0 Å². The van der Waals surface area contributed by atoms with Crippen molar-refractivity contribution in [3.63, 3.8) is 0 Å². The van der Waals surface area contributed by atoms with Crippen LogP contribution in [0.4, 0.5) is 0 Å². The summed E-state index contributed by atoms with van der Waals surface area (Å²) in [6, 6.07) is 13.8. The number of amides is 1. The number of halogens is 1. The lowest BCUT2D eigenvalue weighted by Gasteiger charge is -2.18. The van der Waals surface area contributed by atoms with Gasteiger partial charge in [-0.05, 0) is 54.8 Å². The molecule has 1 amide bonds. The Bertz CT molecular complexity index is 1300. The zero-order valence-corrected chi connectivity index (χ0v) is 19.1. The van der Waals surface area contributed by atoms with E-state index in [1.165, 1.54) is 17.1 Å². The van der Waals surface area contributed by atoms with Crippen molar-refractivity contribution in [1.29, 1.82) is 0 Å². The van der Waals surface area contributed by atoms with Crippen LogP contribution in [0, 0.1) is 13.8 Å². The Morgan fingerprint density at radius 2 is 1.77 bits per heavy atom. The second-order valence-corrected chi connectivity index (χ2v) is 8.61. The van der Waals surface area contributed by atoms with Gasteiger partial charge < -0.3 is 4.90 Å². The van der Waals surface area contributed by atoms with Gasteiger partial charge in [-0.3, -0.25) is 14.2 Å². The van der Waals surface area contributed by atoms with Gasteiger partial charge in [0, 0.05) is 18.1 Å². The van der Waals surface area contributed by atoms with E-state index in [9.17, 15) is 9.59 Å². The van der Waals surface area contributed by atoms with E-state index in [0.717, 1.165) is 26.9 Å². The average Bonchev–Trinajstić information content (AvgIpc) is 3.16. The summed E-state index contributed by atoms with van der Waals surface area (Å²) in [7, 11) is 1.72. The van der Waals surface area contributed by atoms with Crippen molar-refractivity contribution >= 4 is 32.9 Å². The molecule has 2 aromatic carbocycles. The third-order valence-corrected chi connectivity index (χ3v) is 5.60. The Labute approximate surface area is 188 Å². The minimum absolute atomic E-state index is 0.0798. The van der Waals surface area contributed by atoms with Crippen LogP contribution in [-0.2, 0) is 17.9 Å². The molecular formula is C23H22BrN5O2. The van der Waals surface area contributed by atoms with E-state index in [1.807, 2.05) is 50.2 Å². The molecule has 158 valence electrons. The van der Waals surface area contributed by atoms with Gasteiger partial charge >= 0.3 is 0 Å². The maximum Gasteiger partial charge on any atom is 0.264 e. The molecule has 0 saturated heterocycles. The Hall–Kier alpha value is -3.26. The van der Waals surface area contributed by atoms with Crippen LogP contribution >= 0.6 is 15.9 Å². The zero-order chi connectivity index (χ0) is 22.1. The standard InChI is InChI=1S/C23H22BrN5O2/c1-15-8-16(2)10-19(9-15)29-22-20(11-26-29)23(31)28(14-25-22)13-21(30)27(3)12-17-4-6-18(24)7-5-17/h4-11,14H,12-13H2,1-3H3. The largest absolute Gasteiger partial charge is 0.340 e. The average molecular weight is 480 g/mol. The minimum Gasteiger partial charge on any atom is -0.340 e. The first-order valence-corrected chi connectivity index (χ1v) is 10.6. The van der Waals surface area contributed by atoms with Crippen LogP contribution in [-0.4, -0.2) is 37.2 Å². The Kier molecular flexibility index (Phi) is 5.73. The summed E-state index contributed by atoms with van der Waals surface area (Å²) < 4.78 is 3.97. The van der Waals surface area contributed by atoms with E-state index in [-0.39, 0.29) is 18.0 Å². The molecule has 0 aliphatic rings. The summed E-state index contributed by atoms with van der Waals surface area (Å²) in [4.78, 5) is 31.7. The molecular weight excluding hydrogens is 458 g/mol. The number of aryl methyl sites for hydroxylation is 2. The smallest absolute Gasteiger partial charge is 0.264 e. The van der Waals surface area contributed by atoms with Crippen molar-refractivity contribution in [2.45, 2.75) is 26.9 Å². The molecule has 0 fully saturated rings. The predicted molar refractivity (Wildman–Crippen MR) is 123 cm³/mol. The molecule has 2 heterocycles. The number of likely N-dealkylation sites (N-methyl/N-ethyl adjacent to an activating group) is 1. The SMILES string of the molecule is Cc1cc(C)cc(-n2ncc3c(=O)n(CC(=O)N(C)Cc4ccc(Br)cc4)cnc32)c1. The fourth-order valence-corrected chi connectivity index (χ4v) is 3.81. The maximum atomic E-state index is 13.0. The zero-order valence-electron chi connectivity index (χ0n) is 17.5. The molecule has 8 heteroatoms. The van der Waals surface area contributed by atoms with Crippen molar-refractivity contribution in [2.24, 2.45) is 0 Å². The van der Waals surface area contributed by atoms with Crippen LogP contribution in [0.25, 0.3) is 16.7 Å². The van der Waals surface area contributed by atoms with Gasteiger partial charge in [-0.25, -0.2) is 9.67 Å². The molecule has 31 heavy (non-hydrogen) atoms. The number of rotatable bonds is 5. The lowest BCUT2D eigenvalue weighted by molar-refractivity contribution is -0.131. The first-order chi connectivity index (χ1) is 14.8. The molecule has 7 nitrogen and oxygen atoms in total. The molecule has 0 aliphatic heterocycles. The van der Waals surface area contributed by atoms with Gasteiger partial charge in [0.1, 0.15) is 18.3 Å². The van der Waals surface area contributed by atoms with Crippen LogP contribution in [0.2, 0.25) is 0 Å². The second-order valence-electron chi connectivity index (χ2n) is 7.69. The van der Waals surface area contributed by atoms with Crippen LogP contribution in [0.15, 0.2) is 64.3 Å². The summed E-state index contributed by atoms with van der Waals surface area (Å²) in [6.45, 7) is 4.41. The number of aromatic nitrogens is 4. The normalized spacial score (nSPS) is 11.1. The van der Waals surface area contributed by atoms with Gasteiger partial charge in [0.25, 0.3) is 5.56 Å². The van der Waals surface area contributed by atoms with Gasteiger partial charge in [-0.15, -0.1) is 0 Å². The third kappa shape index (κ3) is 4.44. The number of nitrogens with zero attached hydrogens (tertiary/aromatic N) is 5. The molecule has 0 aliphatic carbocycles.